The summed E-state index contributed by atoms with van der Waals surface area (Å²) >= 11 is 0. The summed E-state index contributed by atoms with van der Waals surface area (Å²) in [6, 6.07) is 10.0. The van der Waals surface area contributed by atoms with Crippen molar-refractivity contribution in [3.63, 3.8) is 0 Å². The predicted molar refractivity (Wildman–Crippen MR) is 82.5 cm³/mol. The summed E-state index contributed by atoms with van der Waals surface area (Å²) in [6.45, 7) is 10.4. The van der Waals surface area contributed by atoms with Crippen molar-refractivity contribution in [1.29, 1.82) is 0 Å². The summed E-state index contributed by atoms with van der Waals surface area (Å²) in [4.78, 5) is 2.66. The molecule has 1 aliphatic rings. The van der Waals surface area contributed by atoms with Crippen molar-refractivity contribution >= 4 is 0 Å². The van der Waals surface area contributed by atoms with Gasteiger partial charge >= 0.3 is 0 Å². The Morgan fingerprint density at radius 2 is 2.16 bits per heavy atom. The highest BCUT2D eigenvalue weighted by molar-refractivity contribution is 5.28. The first-order valence-corrected chi connectivity index (χ1v) is 7.75. The summed E-state index contributed by atoms with van der Waals surface area (Å²) in [5.74, 6) is 0. The molecule has 0 aromatic heterocycles. The molecule has 0 amide bonds. The molecule has 106 valence electrons. The molecule has 0 spiro atoms. The molecule has 2 rings (SSSR count). The van der Waals surface area contributed by atoms with E-state index in [4.69, 9.17) is 0 Å². The molecule has 0 aliphatic carbocycles. The van der Waals surface area contributed by atoms with E-state index < -0.39 is 0 Å². The molecule has 2 unspecified atom stereocenters. The Bertz CT molecular complexity index is 389. The Labute approximate surface area is 118 Å². The minimum Gasteiger partial charge on any atom is -0.313 e. The number of aryl methyl sites for hydroxylation is 1. The van der Waals surface area contributed by atoms with Crippen LogP contribution >= 0.6 is 0 Å². The van der Waals surface area contributed by atoms with Crippen molar-refractivity contribution in [2.45, 2.75) is 52.1 Å². The summed E-state index contributed by atoms with van der Waals surface area (Å²) in [7, 11) is 0. The molecular formula is C17H28N2. The number of hydrogen-bond donors (Lipinski definition) is 1. The Balaban J connectivity index is 2.08. The maximum atomic E-state index is 3.69. The van der Waals surface area contributed by atoms with Crippen LogP contribution in [0.15, 0.2) is 24.3 Å². The van der Waals surface area contributed by atoms with Gasteiger partial charge < -0.3 is 5.32 Å². The average molecular weight is 260 g/mol. The van der Waals surface area contributed by atoms with E-state index in [1.54, 1.807) is 0 Å². The molecule has 0 bridgehead atoms. The van der Waals surface area contributed by atoms with Gasteiger partial charge in [-0.05, 0) is 44.4 Å². The largest absolute Gasteiger partial charge is 0.313 e. The van der Waals surface area contributed by atoms with E-state index >= 15 is 0 Å². The first kappa shape index (κ1) is 14.5. The van der Waals surface area contributed by atoms with Gasteiger partial charge in [0.2, 0.25) is 0 Å². The van der Waals surface area contributed by atoms with E-state index in [-0.39, 0.29) is 0 Å². The Hall–Kier alpha value is -0.860. The molecule has 0 saturated carbocycles. The zero-order valence-corrected chi connectivity index (χ0v) is 12.7. The van der Waals surface area contributed by atoms with Crippen LogP contribution in [0.3, 0.4) is 0 Å². The third-order valence-electron chi connectivity index (χ3n) is 4.33. The van der Waals surface area contributed by atoms with Crippen LogP contribution in [-0.4, -0.2) is 30.6 Å². The molecule has 1 heterocycles. The number of nitrogens with zero attached hydrogens (tertiary/aromatic N) is 1. The monoisotopic (exact) mass is 260 g/mol. The SMILES string of the molecule is CCCC1CN(C(C)c2ccccc2C)CCCN1. The zero-order chi connectivity index (χ0) is 13.7. The predicted octanol–water partition coefficient (Wildman–Crippen LogP) is 3.52. The highest BCUT2D eigenvalue weighted by Gasteiger charge is 2.22. The summed E-state index contributed by atoms with van der Waals surface area (Å²) in [6.07, 6.45) is 3.82. The Morgan fingerprint density at radius 1 is 1.37 bits per heavy atom. The van der Waals surface area contributed by atoms with Crippen molar-refractivity contribution in [2.24, 2.45) is 0 Å². The van der Waals surface area contributed by atoms with Gasteiger partial charge in [0, 0.05) is 25.2 Å². The molecule has 2 nitrogen and oxygen atoms in total. The lowest BCUT2D eigenvalue weighted by Gasteiger charge is -2.31. The first-order valence-electron chi connectivity index (χ1n) is 7.75. The highest BCUT2D eigenvalue weighted by Crippen LogP contribution is 2.24. The van der Waals surface area contributed by atoms with Crippen LogP contribution in [0.2, 0.25) is 0 Å². The van der Waals surface area contributed by atoms with Crippen molar-refractivity contribution in [3.8, 4) is 0 Å². The van der Waals surface area contributed by atoms with E-state index in [2.05, 4.69) is 55.3 Å². The zero-order valence-electron chi connectivity index (χ0n) is 12.7. The molecule has 1 N–H and O–H groups in total. The van der Waals surface area contributed by atoms with Crippen LogP contribution in [0.4, 0.5) is 0 Å². The number of hydrogen-bond acceptors (Lipinski definition) is 2. The minimum atomic E-state index is 0.528. The van der Waals surface area contributed by atoms with E-state index in [1.165, 1.54) is 50.0 Å². The van der Waals surface area contributed by atoms with Crippen molar-refractivity contribution in [3.05, 3.63) is 35.4 Å². The summed E-state index contributed by atoms with van der Waals surface area (Å²) in [5.41, 5.74) is 2.90. The fraction of sp³-hybridized carbons (Fsp3) is 0.647. The Kier molecular flexibility index (Phi) is 5.41. The van der Waals surface area contributed by atoms with Gasteiger partial charge in [-0.3, -0.25) is 4.90 Å². The molecule has 1 aromatic carbocycles. The van der Waals surface area contributed by atoms with Crippen LogP contribution in [0.5, 0.6) is 0 Å². The summed E-state index contributed by atoms with van der Waals surface area (Å²) < 4.78 is 0. The normalized spacial score (nSPS) is 23.0. The van der Waals surface area contributed by atoms with Crippen LogP contribution in [-0.2, 0) is 0 Å². The molecule has 0 radical (unpaired) electrons. The maximum Gasteiger partial charge on any atom is 0.0323 e. The van der Waals surface area contributed by atoms with Gasteiger partial charge in [0.15, 0.2) is 0 Å². The fourth-order valence-corrected chi connectivity index (χ4v) is 3.17. The van der Waals surface area contributed by atoms with Gasteiger partial charge in [0.05, 0.1) is 0 Å². The van der Waals surface area contributed by atoms with Crippen molar-refractivity contribution in [1.82, 2.24) is 10.2 Å². The quantitative estimate of drug-likeness (QED) is 0.891. The van der Waals surface area contributed by atoms with Crippen LogP contribution in [0.1, 0.15) is 50.3 Å². The number of benzene rings is 1. The van der Waals surface area contributed by atoms with Crippen LogP contribution in [0, 0.1) is 6.92 Å². The minimum absolute atomic E-state index is 0.528. The number of nitrogens with one attached hydrogen (secondary N) is 1. The van der Waals surface area contributed by atoms with Crippen LogP contribution < -0.4 is 5.32 Å². The Morgan fingerprint density at radius 3 is 2.89 bits per heavy atom. The second kappa shape index (κ2) is 7.06. The fourth-order valence-electron chi connectivity index (χ4n) is 3.17. The van der Waals surface area contributed by atoms with Crippen molar-refractivity contribution < 1.29 is 0 Å². The second-order valence-electron chi connectivity index (χ2n) is 5.82. The van der Waals surface area contributed by atoms with E-state index in [0.29, 0.717) is 12.1 Å². The smallest absolute Gasteiger partial charge is 0.0323 e. The van der Waals surface area contributed by atoms with E-state index in [0.717, 1.165) is 0 Å². The van der Waals surface area contributed by atoms with E-state index in [9.17, 15) is 0 Å². The molecule has 2 heteroatoms. The van der Waals surface area contributed by atoms with Gasteiger partial charge in [0.25, 0.3) is 0 Å². The molecule has 1 aliphatic heterocycles. The lowest BCUT2D eigenvalue weighted by molar-refractivity contribution is 0.203. The van der Waals surface area contributed by atoms with Crippen molar-refractivity contribution in [2.75, 3.05) is 19.6 Å². The lowest BCUT2D eigenvalue weighted by Crippen LogP contribution is -2.38. The number of rotatable bonds is 4. The lowest BCUT2D eigenvalue weighted by atomic mass is 10.0. The topological polar surface area (TPSA) is 15.3 Å². The van der Waals surface area contributed by atoms with Gasteiger partial charge in [-0.15, -0.1) is 0 Å². The third kappa shape index (κ3) is 3.80. The third-order valence-corrected chi connectivity index (χ3v) is 4.33. The average Bonchev–Trinajstić information content (AvgIpc) is 2.65. The second-order valence-corrected chi connectivity index (χ2v) is 5.82. The van der Waals surface area contributed by atoms with Gasteiger partial charge in [-0.1, -0.05) is 37.6 Å². The van der Waals surface area contributed by atoms with Gasteiger partial charge in [0.1, 0.15) is 0 Å². The molecule has 2 atom stereocenters. The molecule has 1 saturated heterocycles. The molecule has 1 aromatic rings. The molecule has 1 fully saturated rings. The van der Waals surface area contributed by atoms with E-state index in [1.807, 2.05) is 0 Å². The van der Waals surface area contributed by atoms with Gasteiger partial charge in [-0.25, -0.2) is 0 Å². The summed E-state index contributed by atoms with van der Waals surface area (Å²) in [5, 5.41) is 3.69. The van der Waals surface area contributed by atoms with Gasteiger partial charge in [-0.2, -0.15) is 0 Å². The highest BCUT2D eigenvalue weighted by atomic mass is 15.2. The first-order chi connectivity index (χ1) is 9.22. The molecule has 19 heavy (non-hydrogen) atoms. The van der Waals surface area contributed by atoms with Crippen LogP contribution in [0.25, 0.3) is 0 Å². The standard InChI is InChI=1S/C17H28N2/c1-4-8-16-13-19(12-7-11-18-16)15(3)17-10-6-5-9-14(17)2/h5-6,9-10,15-16,18H,4,7-8,11-13H2,1-3H3. The maximum absolute atomic E-state index is 3.69. The molecular weight excluding hydrogens is 232 g/mol.